The highest BCUT2D eigenvalue weighted by molar-refractivity contribution is 7.13. The summed E-state index contributed by atoms with van der Waals surface area (Å²) < 4.78 is 0. The Balaban J connectivity index is 1.62. The van der Waals surface area contributed by atoms with E-state index in [1.165, 1.54) is 5.56 Å². The van der Waals surface area contributed by atoms with Crippen molar-refractivity contribution in [1.29, 1.82) is 0 Å². The first-order valence-corrected chi connectivity index (χ1v) is 11.1. The largest absolute Gasteiger partial charge is 0.480 e. The molecule has 2 atom stereocenters. The van der Waals surface area contributed by atoms with Gasteiger partial charge in [0.25, 0.3) is 5.91 Å². The number of hydrogen-bond donors (Lipinski definition) is 3. The second kappa shape index (κ2) is 10.3. The van der Waals surface area contributed by atoms with E-state index in [0.29, 0.717) is 18.0 Å². The Morgan fingerprint density at radius 3 is 2.32 bits per heavy atom. The molecule has 1 heterocycles. The number of nitrogens with two attached hydrogens (primary N) is 1. The third-order valence-electron chi connectivity index (χ3n) is 5.29. The summed E-state index contributed by atoms with van der Waals surface area (Å²) in [6.07, 6.45) is 2.02. The Morgan fingerprint density at radius 2 is 1.77 bits per heavy atom. The number of rotatable bonds is 9. The second-order valence-corrected chi connectivity index (χ2v) is 8.76. The van der Waals surface area contributed by atoms with Gasteiger partial charge in [0, 0.05) is 35.2 Å². The summed E-state index contributed by atoms with van der Waals surface area (Å²) in [7, 11) is 0. The quantitative estimate of drug-likeness (QED) is 0.470. The van der Waals surface area contributed by atoms with Gasteiger partial charge in [0.05, 0.1) is 0 Å². The van der Waals surface area contributed by atoms with Crippen LogP contribution in [0.5, 0.6) is 0 Å². The van der Waals surface area contributed by atoms with E-state index in [1.807, 2.05) is 5.38 Å². The van der Waals surface area contributed by atoms with Crippen LogP contribution in [-0.2, 0) is 11.2 Å². The molecule has 6 nitrogen and oxygen atoms in total. The minimum absolute atomic E-state index is 0.154. The molecule has 162 valence electrons. The van der Waals surface area contributed by atoms with E-state index in [2.05, 4.69) is 48.4 Å². The molecule has 31 heavy (non-hydrogen) atoms. The third-order valence-corrected chi connectivity index (χ3v) is 6.12. The molecule has 0 bridgehead atoms. The molecule has 4 N–H and O–H groups in total. The summed E-state index contributed by atoms with van der Waals surface area (Å²) in [5.41, 5.74) is 9.15. The number of benzene rings is 2. The predicted molar refractivity (Wildman–Crippen MR) is 123 cm³/mol. The van der Waals surface area contributed by atoms with Crippen molar-refractivity contribution >= 4 is 23.2 Å². The number of hydrogen-bond acceptors (Lipinski definition) is 5. The van der Waals surface area contributed by atoms with Crippen LogP contribution in [0.15, 0.2) is 60.1 Å². The maximum atomic E-state index is 12.6. The Hall–Kier alpha value is -3.03. The van der Waals surface area contributed by atoms with Gasteiger partial charge in [-0.3, -0.25) is 9.59 Å². The zero-order valence-electron chi connectivity index (χ0n) is 17.6. The molecule has 3 aromatic rings. The first-order valence-electron chi connectivity index (χ1n) is 10.2. The van der Waals surface area contributed by atoms with Crippen LogP contribution >= 0.6 is 11.3 Å². The molecule has 2 aromatic carbocycles. The lowest BCUT2D eigenvalue weighted by Gasteiger charge is -2.22. The molecular formula is C24H27N3O3S. The molecule has 7 heteroatoms. The highest BCUT2D eigenvalue weighted by Crippen LogP contribution is 2.28. The molecule has 0 aliphatic rings. The molecular weight excluding hydrogens is 410 g/mol. The van der Waals surface area contributed by atoms with Crippen LogP contribution in [-0.4, -0.2) is 34.6 Å². The van der Waals surface area contributed by atoms with Gasteiger partial charge in [-0.25, -0.2) is 4.98 Å². The molecule has 0 saturated heterocycles. The monoisotopic (exact) mass is 437 g/mol. The smallest absolute Gasteiger partial charge is 0.320 e. The van der Waals surface area contributed by atoms with Gasteiger partial charge in [-0.1, -0.05) is 50.2 Å². The molecule has 0 spiro atoms. The van der Waals surface area contributed by atoms with E-state index in [4.69, 9.17) is 10.8 Å². The summed E-state index contributed by atoms with van der Waals surface area (Å²) in [6.45, 7) is 4.82. The fourth-order valence-corrected chi connectivity index (χ4v) is 4.06. The van der Waals surface area contributed by atoms with E-state index >= 15 is 0 Å². The first kappa shape index (κ1) is 22.7. The van der Waals surface area contributed by atoms with Crippen molar-refractivity contribution in [2.75, 3.05) is 6.54 Å². The van der Waals surface area contributed by atoms with Gasteiger partial charge in [0.1, 0.15) is 11.0 Å². The van der Waals surface area contributed by atoms with Gasteiger partial charge >= 0.3 is 5.97 Å². The standard InChI is InChI=1S/C24H27N3O3S/c1-15(2)20(17-7-9-19(10-8-17)23-26-11-12-31-23)14-27-22(28)18-5-3-16(4-6-18)13-21(25)24(29)30/h3-12,15,20-21H,13-14,25H2,1-2H3,(H,27,28)(H,29,30)/t20-,21?/m1/s1. The van der Waals surface area contributed by atoms with Gasteiger partial charge in [0.15, 0.2) is 0 Å². The summed E-state index contributed by atoms with van der Waals surface area (Å²) in [4.78, 5) is 27.8. The highest BCUT2D eigenvalue weighted by Gasteiger charge is 2.18. The average Bonchev–Trinajstić information content (AvgIpc) is 3.29. The van der Waals surface area contributed by atoms with Crippen LogP contribution in [0.1, 0.15) is 41.3 Å². The maximum Gasteiger partial charge on any atom is 0.320 e. The Morgan fingerprint density at radius 1 is 1.10 bits per heavy atom. The number of nitrogens with one attached hydrogen (secondary N) is 1. The van der Waals surface area contributed by atoms with Crippen molar-refractivity contribution in [3.8, 4) is 10.6 Å². The number of aromatic nitrogens is 1. The van der Waals surface area contributed by atoms with E-state index in [9.17, 15) is 9.59 Å². The lowest BCUT2D eigenvalue weighted by molar-refractivity contribution is -0.138. The van der Waals surface area contributed by atoms with Gasteiger partial charge < -0.3 is 16.2 Å². The van der Waals surface area contributed by atoms with E-state index in [0.717, 1.165) is 16.1 Å². The van der Waals surface area contributed by atoms with Crippen LogP contribution in [0.3, 0.4) is 0 Å². The number of aliphatic carboxylic acids is 1. The summed E-state index contributed by atoms with van der Waals surface area (Å²) in [5.74, 6) is -0.659. The highest BCUT2D eigenvalue weighted by atomic mass is 32.1. The van der Waals surface area contributed by atoms with Crippen molar-refractivity contribution in [1.82, 2.24) is 10.3 Å². The summed E-state index contributed by atoms with van der Waals surface area (Å²) >= 11 is 1.61. The van der Waals surface area contributed by atoms with Gasteiger partial charge in [0.2, 0.25) is 0 Å². The normalized spacial score (nSPS) is 13.0. The van der Waals surface area contributed by atoms with Gasteiger partial charge in [-0.2, -0.15) is 0 Å². The lowest BCUT2D eigenvalue weighted by atomic mass is 9.88. The average molecular weight is 438 g/mol. The van der Waals surface area contributed by atoms with Crippen LogP contribution in [0.25, 0.3) is 10.6 Å². The molecule has 0 radical (unpaired) electrons. The van der Waals surface area contributed by atoms with Gasteiger partial charge in [-0.05, 0) is 35.6 Å². The Labute approximate surface area is 186 Å². The minimum atomic E-state index is -1.04. The van der Waals surface area contributed by atoms with Crippen molar-refractivity contribution in [3.63, 3.8) is 0 Å². The number of carboxylic acids is 1. The molecule has 0 aliphatic heterocycles. The van der Waals surface area contributed by atoms with Crippen molar-refractivity contribution in [2.45, 2.75) is 32.2 Å². The van der Waals surface area contributed by atoms with Crippen LogP contribution in [0.4, 0.5) is 0 Å². The number of carbonyl (C=O) groups is 2. The van der Waals surface area contributed by atoms with E-state index < -0.39 is 12.0 Å². The second-order valence-electron chi connectivity index (χ2n) is 7.87. The fraction of sp³-hybridized carbons (Fsp3) is 0.292. The Bertz CT molecular complexity index is 1000. The molecule has 3 rings (SSSR count). The number of carbonyl (C=O) groups excluding carboxylic acids is 1. The number of nitrogens with zero attached hydrogens (tertiary/aromatic N) is 1. The van der Waals surface area contributed by atoms with Crippen molar-refractivity contribution in [2.24, 2.45) is 11.7 Å². The molecule has 1 amide bonds. The molecule has 1 unspecified atom stereocenters. The number of carboxylic acid groups (broad SMARTS) is 1. The SMILES string of the molecule is CC(C)[C@@H](CNC(=O)c1ccc(CC(N)C(=O)O)cc1)c1ccc(-c2nccs2)cc1. The Kier molecular flexibility index (Phi) is 7.55. The van der Waals surface area contributed by atoms with Crippen LogP contribution in [0, 0.1) is 5.92 Å². The molecule has 0 fully saturated rings. The van der Waals surface area contributed by atoms with Crippen LogP contribution < -0.4 is 11.1 Å². The molecule has 0 saturated carbocycles. The zero-order valence-corrected chi connectivity index (χ0v) is 18.4. The zero-order chi connectivity index (χ0) is 22.4. The number of thiazole rings is 1. The molecule has 0 aliphatic carbocycles. The molecule has 1 aromatic heterocycles. The van der Waals surface area contributed by atoms with E-state index in [1.54, 1.807) is 41.8 Å². The fourth-order valence-electron chi connectivity index (χ4n) is 3.42. The third kappa shape index (κ3) is 5.99. The topological polar surface area (TPSA) is 105 Å². The lowest BCUT2D eigenvalue weighted by Crippen LogP contribution is -2.32. The summed E-state index contributed by atoms with van der Waals surface area (Å²) in [6, 6.07) is 14.3. The van der Waals surface area contributed by atoms with Crippen molar-refractivity contribution < 1.29 is 14.7 Å². The van der Waals surface area contributed by atoms with E-state index in [-0.39, 0.29) is 18.2 Å². The first-order chi connectivity index (χ1) is 14.8. The van der Waals surface area contributed by atoms with Gasteiger partial charge in [-0.15, -0.1) is 11.3 Å². The van der Waals surface area contributed by atoms with Crippen LogP contribution in [0.2, 0.25) is 0 Å². The maximum absolute atomic E-state index is 12.6. The number of amides is 1. The summed E-state index contributed by atoms with van der Waals surface area (Å²) in [5, 5.41) is 14.9. The van der Waals surface area contributed by atoms with Crippen molar-refractivity contribution in [3.05, 3.63) is 76.8 Å². The minimum Gasteiger partial charge on any atom is -0.480 e. The predicted octanol–water partition coefficient (Wildman–Crippen LogP) is 3.93.